The van der Waals surface area contributed by atoms with Gasteiger partial charge in [-0.3, -0.25) is 4.79 Å². The third-order valence-corrected chi connectivity index (χ3v) is 1.16. The molecule has 1 saturated heterocycles. The van der Waals surface area contributed by atoms with Crippen molar-refractivity contribution in [3.05, 3.63) is 5.32 Å². The number of carbonyl (C=O) groups excluding carboxylic acids is 1. The van der Waals surface area contributed by atoms with Crippen LogP contribution < -0.4 is 18.9 Å². The number of hydrogen-bond donors (Lipinski definition) is 0. The average molecular weight is 121 g/mol. The number of hydrogen-bond acceptors (Lipinski definition) is 2. The molecule has 0 spiro atoms. The quantitative estimate of drug-likeness (QED) is 0.388. The van der Waals surface area contributed by atoms with Crippen molar-refractivity contribution in [3.8, 4) is 0 Å². The molecule has 1 rings (SSSR count). The summed E-state index contributed by atoms with van der Waals surface area (Å²) in [4.78, 5) is 10.2. The molecule has 1 aliphatic heterocycles. The van der Waals surface area contributed by atoms with Gasteiger partial charge in [-0.2, -0.15) is 0 Å². The van der Waals surface area contributed by atoms with Gasteiger partial charge >= 0.3 is 18.9 Å². The summed E-state index contributed by atoms with van der Waals surface area (Å²) in [6.07, 6.45) is 0.489. The van der Waals surface area contributed by atoms with Crippen molar-refractivity contribution >= 4 is 6.09 Å². The summed E-state index contributed by atoms with van der Waals surface area (Å²) in [7, 11) is 0. The van der Waals surface area contributed by atoms with Crippen molar-refractivity contribution in [1.82, 2.24) is 0 Å². The largest absolute Gasteiger partial charge is 1.00 e. The second-order valence-corrected chi connectivity index (χ2v) is 1.77. The zero-order valence-electron chi connectivity index (χ0n) is 5.76. The van der Waals surface area contributed by atoms with Crippen molar-refractivity contribution < 1.29 is 28.4 Å². The van der Waals surface area contributed by atoms with Crippen molar-refractivity contribution in [2.24, 2.45) is 0 Å². The Balaban J connectivity index is 0.000000640. The number of nitrogens with zero attached hydrogens (tertiary/aromatic N) is 1. The van der Waals surface area contributed by atoms with Crippen LogP contribution in [0.4, 0.5) is 4.79 Å². The number of rotatable bonds is 1. The van der Waals surface area contributed by atoms with Crippen molar-refractivity contribution in [2.45, 2.75) is 19.4 Å². The first-order chi connectivity index (χ1) is 3.83. The Kier molecular flexibility index (Phi) is 3.75. The molecular formula is C5H8LiNO2. The summed E-state index contributed by atoms with van der Waals surface area (Å²) in [6, 6.07) is 0.127. The van der Waals surface area contributed by atoms with Crippen LogP contribution in [0.5, 0.6) is 0 Å². The maximum Gasteiger partial charge on any atom is 1.00 e. The van der Waals surface area contributed by atoms with Gasteiger partial charge in [-0.1, -0.05) is 19.4 Å². The molecule has 1 amide bonds. The van der Waals surface area contributed by atoms with Gasteiger partial charge in [0.1, 0.15) is 0 Å². The SMILES string of the molecule is CCC1COC(=O)[N-]1.[Li+]. The molecule has 9 heavy (non-hydrogen) atoms. The van der Waals surface area contributed by atoms with E-state index in [2.05, 4.69) is 10.1 Å². The zero-order chi connectivity index (χ0) is 5.98. The third kappa shape index (κ3) is 2.29. The van der Waals surface area contributed by atoms with E-state index in [1.165, 1.54) is 0 Å². The van der Waals surface area contributed by atoms with Crippen LogP contribution in [-0.2, 0) is 4.74 Å². The molecule has 1 fully saturated rings. The Morgan fingerprint density at radius 3 is 2.78 bits per heavy atom. The smallest absolute Gasteiger partial charge is 0.612 e. The number of cyclic esters (lactones) is 1. The topological polar surface area (TPSA) is 40.4 Å². The summed E-state index contributed by atoms with van der Waals surface area (Å²) >= 11 is 0. The molecule has 46 valence electrons. The van der Waals surface area contributed by atoms with Crippen LogP contribution in [0.1, 0.15) is 13.3 Å². The van der Waals surface area contributed by atoms with Gasteiger partial charge in [0.2, 0.25) is 6.09 Å². The molecule has 1 heterocycles. The molecule has 3 nitrogen and oxygen atoms in total. The van der Waals surface area contributed by atoms with Crippen LogP contribution in [0, 0.1) is 0 Å². The molecule has 4 heteroatoms. The van der Waals surface area contributed by atoms with E-state index in [9.17, 15) is 4.79 Å². The summed E-state index contributed by atoms with van der Waals surface area (Å²) in [5.41, 5.74) is 0. The van der Waals surface area contributed by atoms with Gasteiger partial charge in [-0.05, 0) is 0 Å². The van der Waals surface area contributed by atoms with E-state index in [1.807, 2.05) is 6.92 Å². The van der Waals surface area contributed by atoms with Gasteiger partial charge in [0.05, 0.1) is 6.61 Å². The van der Waals surface area contributed by atoms with Gasteiger partial charge in [0, 0.05) is 0 Å². The first kappa shape index (κ1) is 8.87. The molecule has 0 N–H and O–H groups in total. The molecule has 0 radical (unpaired) electrons. The van der Waals surface area contributed by atoms with Crippen LogP contribution in [0.3, 0.4) is 0 Å². The second-order valence-electron chi connectivity index (χ2n) is 1.77. The molecule has 0 bridgehead atoms. The van der Waals surface area contributed by atoms with E-state index in [0.717, 1.165) is 6.42 Å². The van der Waals surface area contributed by atoms with Crippen molar-refractivity contribution in [2.75, 3.05) is 6.61 Å². The van der Waals surface area contributed by atoms with Crippen molar-refractivity contribution in [3.63, 3.8) is 0 Å². The first-order valence-corrected chi connectivity index (χ1v) is 2.70. The van der Waals surface area contributed by atoms with E-state index >= 15 is 0 Å². The predicted molar refractivity (Wildman–Crippen MR) is 28.8 cm³/mol. The van der Waals surface area contributed by atoms with E-state index < -0.39 is 6.09 Å². The van der Waals surface area contributed by atoms with Gasteiger partial charge < -0.3 is 10.1 Å². The Labute approximate surface area is 66.3 Å². The summed E-state index contributed by atoms with van der Waals surface area (Å²) in [5, 5.41) is 3.65. The summed E-state index contributed by atoms with van der Waals surface area (Å²) in [6.45, 7) is 2.46. The normalized spacial score (nSPS) is 24.1. The van der Waals surface area contributed by atoms with Crippen LogP contribution in [0.25, 0.3) is 5.32 Å². The van der Waals surface area contributed by atoms with Crippen molar-refractivity contribution in [1.29, 1.82) is 0 Å². The first-order valence-electron chi connectivity index (χ1n) is 2.70. The van der Waals surface area contributed by atoms with E-state index in [0.29, 0.717) is 6.61 Å². The second kappa shape index (κ2) is 3.81. The predicted octanol–water partition coefficient (Wildman–Crippen LogP) is -1.71. The zero-order valence-corrected chi connectivity index (χ0v) is 5.76. The van der Waals surface area contributed by atoms with Crippen LogP contribution in [-0.4, -0.2) is 18.7 Å². The fourth-order valence-corrected chi connectivity index (χ4v) is 0.600. The molecule has 0 aliphatic carbocycles. The van der Waals surface area contributed by atoms with E-state index in [-0.39, 0.29) is 24.9 Å². The Bertz CT molecular complexity index is 107. The molecule has 0 saturated carbocycles. The van der Waals surface area contributed by atoms with E-state index in [4.69, 9.17) is 0 Å². The molecule has 1 aliphatic rings. The monoisotopic (exact) mass is 121 g/mol. The fraction of sp³-hybridized carbons (Fsp3) is 0.800. The van der Waals surface area contributed by atoms with Crippen LogP contribution >= 0.6 is 0 Å². The van der Waals surface area contributed by atoms with E-state index in [1.54, 1.807) is 0 Å². The Hall–Kier alpha value is -0.133. The van der Waals surface area contributed by atoms with Gasteiger partial charge in [-0.15, -0.1) is 0 Å². The standard InChI is InChI=1S/C5H9NO2.Li/c1-2-4-3-8-5(7)6-4;/h4H,2-3H2,1H3,(H,6,7);/q;+1/p-1. The van der Waals surface area contributed by atoms with Crippen LogP contribution in [0.15, 0.2) is 0 Å². The fourth-order valence-electron chi connectivity index (χ4n) is 0.600. The molecule has 1 unspecified atom stereocenters. The van der Waals surface area contributed by atoms with Gasteiger partial charge in [0.25, 0.3) is 0 Å². The molecule has 0 aromatic heterocycles. The summed E-state index contributed by atoms with van der Waals surface area (Å²) < 4.78 is 4.55. The van der Waals surface area contributed by atoms with Gasteiger partial charge in [0.15, 0.2) is 0 Å². The molecule has 0 aromatic rings. The summed E-state index contributed by atoms with van der Waals surface area (Å²) in [5.74, 6) is 0. The minimum absolute atomic E-state index is 0. The average Bonchev–Trinajstić information content (AvgIpc) is 2.14. The minimum Gasteiger partial charge on any atom is -0.612 e. The maximum atomic E-state index is 10.2. The third-order valence-electron chi connectivity index (χ3n) is 1.16. The maximum absolute atomic E-state index is 10.2. The van der Waals surface area contributed by atoms with Crippen LogP contribution in [0.2, 0.25) is 0 Å². The number of amides is 1. The van der Waals surface area contributed by atoms with Gasteiger partial charge in [-0.25, -0.2) is 0 Å². The molecular weight excluding hydrogens is 113 g/mol. The Morgan fingerprint density at radius 1 is 1.89 bits per heavy atom. The minimum atomic E-state index is -0.406. The molecule has 0 aromatic carbocycles. The number of ether oxygens (including phenoxy) is 1. The Morgan fingerprint density at radius 2 is 2.56 bits per heavy atom. The number of carbonyl (C=O) groups is 1. The molecule has 1 atom stereocenters.